The summed E-state index contributed by atoms with van der Waals surface area (Å²) in [5.74, 6) is -3.19. The van der Waals surface area contributed by atoms with E-state index in [1.807, 2.05) is 0 Å². The molecule has 2 aromatic heterocycles. The van der Waals surface area contributed by atoms with Crippen LogP contribution in [0.1, 0.15) is 56.1 Å². The Bertz CT molecular complexity index is 1700. The van der Waals surface area contributed by atoms with Crippen LogP contribution >= 0.6 is 0 Å². The van der Waals surface area contributed by atoms with Crippen molar-refractivity contribution in [1.29, 1.82) is 0 Å². The van der Waals surface area contributed by atoms with Crippen LogP contribution in [0.3, 0.4) is 0 Å². The number of sulfone groups is 1. The molecule has 0 saturated heterocycles. The van der Waals surface area contributed by atoms with Gasteiger partial charge in [0, 0.05) is 6.20 Å². The van der Waals surface area contributed by atoms with Gasteiger partial charge in [0.2, 0.25) is 0 Å². The number of anilines is 1. The van der Waals surface area contributed by atoms with Gasteiger partial charge in [-0.15, -0.1) is 13.9 Å². The van der Waals surface area contributed by atoms with Crippen LogP contribution in [0.25, 0.3) is 5.52 Å². The summed E-state index contributed by atoms with van der Waals surface area (Å²) >= 11 is 0. The Morgan fingerprint density at radius 1 is 1.07 bits per heavy atom. The second-order valence-corrected chi connectivity index (χ2v) is 12.4. The Labute approximate surface area is 242 Å². The third-order valence-corrected chi connectivity index (χ3v) is 7.68. The number of carbonyl (C=O) groups is 2. The number of esters is 1. The van der Waals surface area contributed by atoms with Gasteiger partial charge >= 0.3 is 24.5 Å². The van der Waals surface area contributed by atoms with Crippen molar-refractivity contribution in [3.63, 3.8) is 0 Å². The number of ether oxygens (including phenoxy) is 4. The number of fused-ring (bicyclic) bond motifs is 2. The molecule has 0 bridgehead atoms. The molecule has 1 aromatic carbocycles. The zero-order valence-corrected chi connectivity index (χ0v) is 24.2. The molecule has 11 nitrogen and oxygen atoms in total. The van der Waals surface area contributed by atoms with Gasteiger partial charge in [0.15, 0.2) is 27.2 Å². The number of aromatic nitrogens is 2. The Kier molecular flexibility index (Phi) is 8.01. The fourth-order valence-corrected chi connectivity index (χ4v) is 5.28. The number of benzene rings is 1. The number of hydrogen-bond donors (Lipinski definition) is 0. The van der Waals surface area contributed by atoms with Crippen LogP contribution in [0.5, 0.6) is 11.5 Å². The average molecular weight is 636 g/mol. The first-order valence-electron chi connectivity index (χ1n) is 12.7. The van der Waals surface area contributed by atoms with E-state index in [-0.39, 0.29) is 23.3 Å². The molecule has 1 aliphatic rings. The molecule has 1 amide bonds. The minimum absolute atomic E-state index is 0.120. The molecule has 0 radical (unpaired) electrons. The highest BCUT2D eigenvalue weighted by Crippen LogP contribution is 2.43. The van der Waals surface area contributed by atoms with Gasteiger partial charge in [0.05, 0.1) is 35.5 Å². The molecule has 0 aliphatic carbocycles. The highest BCUT2D eigenvalue weighted by molar-refractivity contribution is 7.91. The second kappa shape index (κ2) is 10.8. The van der Waals surface area contributed by atoms with E-state index in [0.29, 0.717) is 21.7 Å². The van der Waals surface area contributed by atoms with E-state index in [1.54, 1.807) is 0 Å². The minimum Gasteiger partial charge on any atom is -0.462 e. The van der Waals surface area contributed by atoms with Crippen molar-refractivity contribution >= 4 is 33.2 Å². The lowest BCUT2D eigenvalue weighted by Crippen LogP contribution is -2.38. The molecule has 0 atom stereocenters. The van der Waals surface area contributed by atoms with Crippen LogP contribution < -0.4 is 14.4 Å². The van der Waals surface area contributed by atoms with Crippen molar-refractivity contribution in [3.8, 4) is 11.5 Å². The lowest BCUT2D eigenvalue weighted by molar-refractivity contribution is -0.286. The van der Waals surface area contributed by atoms with Gasteiger partial charge in [0.25, 0.3) is 0 Å². The van der Waals surface area contributed by atoms with E-state index < -0.39 is 80.0 Å². The maximum atomic E-state index is 13.8. The van der Waals surface area contributed by atoms with Gasteiger partial charge in [-0.1, -0.05) is 6.92 Å². The molecule has 1 aliphatic heterocycles. The van der Waals surface area contributed by atoms with Crippen molar-refractivity contribution in [2.24, 2.45) is 0 Å². The number of alkyl halides is 5. The Hall–Kier alpha value is -4.15. The molecule has 3 aromatic rings. The lowest BCUT2D eigenvalue weighted by Gasteiger charge is -2.27. The zero-order chi connectivity index (χ0) is 32.1. The van der Waals surface area contributed by atoms with Gasteiger partial charge in [0.1, 0.15) is 10.5 Å². The smallest absolute Gasteiger partial charge is 0.462 e. The predicted octanol–water partition coefficient (Wildman–Crippen LogP) is 5.59. The first-order valence-corrected chi connectivity index (χ1v) is 14.3. The maximum Gasteiger partial charge on any atom is 0.586 e. The van der Waals surface area contributed by atoms with Gasteiger partial charge in [-0.2, -0.15) is 13.2 Å². The fraction of sp³-hybridized carbons (Fsp3) is 0.423. The van der Waals surface area contributed by atoms with Crippen molar-refractivity contribution in [1.82, 2.24) is 9.61 Å². The first kappa shape index (κ1) is 31.8. The second-order valence-electron chi connectivity index (χ2n) is 10.2. The molecule has 0 saturated carbocycles. The number of halogens is 5. The van der Waals surface area contributed by atoms with Gasteiger partial charge in [-0.25, -0.2) is 22.5 Å². The summed E-state index contributed by atoms with van der Waals surface area (Å²) in [5.41, 5.74) is -3.13. The van der Waals surface area contributed by atoms with Crippen molar-refractivity contribution in [3.05, 3.63) is 47.2 Å². The first-order chi connectivity index (χ1) is 19.8. The normalized spacial score (nSPS) is 14.6. The summed E-state index contributed by atoms with van der Waals surface area (Å²) in [4.78, 5) is 26.5. The Balaban J connectivity index is 1.98. The van der Waals surface area contributed by atoms with Gasteiger partial charge < -0.3 is 18.9 Å². The van der Waals surface area contributed by atoms with Crippen molar-refractivity contribution < 1.29 is 58.9 Å². The largest absolute Gasteiger partial charge is 0.586 e. The van der Waals surface area contributed by atoms with Crippen molar-refractivity contribution in [2.45, 2.75) is 64.1 Å². The summed E-state index contributed by atoms with van der Waals surface area (Å²) < 4.78 is 115. The van der Waals surface area contributed by atoms with E-state index in [2.05, 4.69) is 14.6 Å². The van der Waals surface area contributed by atoms with Gasteiger partial charge in [-0.3, -0.25) is 4.90 Å². The molecule has 0 spiro atoms. The predicted molar refractivity (Wildman–Crippen MR) is 139 cm³/mol. The van der Waals surface area contributed by atoms with E-state index in [0.717, 1.165) is 18.2 Å². The molecular weight excluding hydrogens is 609 g/mol. The van der Waals surface area contributed by atoms with Crippen molar-refractivity contribution in [2.75, 3.05) is 17.3 Å². The van der Waals surface area contributed by atoms with Crippen LogP contribution in [0.2, 0.25) is 0 Å². The topological polar surface area (TPSA) is 126 Å². The minimum atomic E-state index is -4.81. The molecule has 43 heavy (non-hydrogen) atoms. The maximum absolute atomic E-state index is 13.8. The summed E-state index contributed by atoms with van der Waals surface area (Å²) in [5, 5.41) is 4.03. The lowest BCUT2D eigenvalue weighted by atomic mass is 10.1. The van der Waals surface area contributed by atoms with Crippen LogP contribution in [0, 0.1) is 0 Å². The number of nitrogens with zero attached hydrogens (tertiary/aromatic N) is 3. The molecule has 0 unspecified atom stereocenters. The molecular formula is C26H26F5N3O8S. The Morgan fingerprint density at radius 2 is 1.70 bits per heavy atom. The zero-order valence-electron chi connectivity index (χ0n) is 23.4. The third kappa shape index (κ3) is 6.60. The average Bonchev–Trinajstić information content (AvgIpc) is 3.40. The van der Waals surface area contributed by atoms with Crippen LogP contribution in [0.4, 0.5) is 32.6 Å². The van der Waals surface area contributed by atoms with Crippen LogP contribution in [0.15, 0.2) is 35.4 Å². The van der Waals surface area contributed by atoms with E-state index in [9.17, 15) is 40.0 Å². The molecule has 4 rings (SSSR count). The quantitative estimate of drug-likeness (QED) is 0.241. The summed E-state index contributed by atoms with van der Waals surface area (Å²) in [7, 11) is -4.28. The molecule has 0 fully saturated rings. The van der Waals surface area contributed by atoms with E-state index in [4.69, 9.17) is 9.47 Å². The third-order valence-electron chi connectivity index (χ3n) is 5.91. The summed E-state index contributed by atoms with van der Waals surface area (Å²) in [6, 6.07) is 3.41. The number of pyridine rings is 1. The van der Waals surface area contributed by atoms with E-state index >= 15 is 0 Å². The number of carbonyl (C=O) groups excluding carboxylic acids is 2. The highest BCUT2D eigenvalue weighted by Gasteiger charge is 2.45. The van der Waals surface area contributed by atoms with Gasteiger partial charge in [-0.05, 0) is 57.5 Å². The number of rotatable bonds is 7. The SMILES string of the molecule is CCOC(=O)c1cc2c(cc1CN(C(=O)OC(C)(C)C)c1nn3cc(C(F)(F)F)ccc3c1S(=O)(=O)CC)OC(F)(F)O2. The Morgan fingerprint density at radius 3 is 2.26 bits per heavy atom. The standard InChI is InChI=1S/C26H26F5N3O8S/c1-6-39-22(35)16-11-19-18(40-26(30,31)41-19)10-14(16)12-33(23(36)42-24(3,4)5)21-20(43(37,38)7-2)17-9-8-15(25(27,28)29)13-34(17)32-21/h8-11,13H,6-7,12H2,1-5H3. The van der Waals surface area contributed by atoms with Crippen LogP contribution in [-0.2, 0) is 32.0 Å². The summed E-state index contributed by atoms with van der Waals surface area (Å²) in [6.07, 6.45) is -9.54. The molecule has 3 heterocycles. The number of amides is 1. The number of hydrogen-bond acceptors (Lipinski definition) is 9. The highest BCUT2D eigenvalue weighted by atomic mass is 32.2. The summed E-state index contributed by atoms with van der Waals surface area (Å²) in [6.45, 7) is 6.40. The van der Waals surface area contributed by atoms with E-state index in [1.165, 1.54) is 34.6 Å². The monoisotopic (exact) mass is 635 g/mol. The molecule has 0 N–H and O–H groups in total. The van der Waals surface area contributed by atoms with Crippen LogP contribution in [-0.4, -0.2) is 54.3 Å². The molecule has 234 valence electrons. The molecule has 17 heteroatoms. The fourth-order valence-electron chi connectivity index (χ4n) is 4.08.